The highest BCUT2D eigenvalue weighted by Crippen LogP contribution is 2.28. The van der Waals surface area contributed by atoms with Gasteiger partial charge in [0.2, 0.25) is 0 Å². The Morgan fingerprint density at radius 1 is 1.18 bits per heavy atom. The molecule has 144 valence electrons. The van der Waals surface area contributed by atoms with Crippen LogP contribution in [-0.4, -0.2) is 22.9 Å². The van der Waals surface area contributed by atoms with E-state index >= 15 is 0 Å². The van der Waals surface area contributed by atoms with E-state index in [1.54, 1.807) is 19.1 Å². The number of benzene rings is 2. The largest absolute Gasteiger partial charge is 0.328 e. The van der Waals surface area contributed by atoms with Crippen molar-refractivity contribution >= 4 is 21.4 Å². The first-order chi connectivity index (χ1) is 13.3. The summed E-state index contributed by atoms with van der Waals surface area (Å²) < 4.78 is 30.1. The van der Waals surface area contributed by atoms with E-state index in [4.69, 9.17) is 0 Å². The first kappa shape index (κ1) is 18.2. The molecule has 0 aliphatic carbocycles. The minimum Gasteiger partial charge on any atom is -0.328 e. The van der Waals surface area contributed by atoms with Crippen LogP contribution >= 0.6 is 0 Å². The van der Waals surface area contributed by atoms with Crippen molar-refractivity contribution in [3.63, 3.8) is 0 Å². The Labute approximate surface area is 162 Å². The lowest BCUT2D eigenvalue weighted by molar-refractivity contribution is -0.385. The van der Waals surface area contributed by atoms with Crippen molar-refractivity contribution < 1.29 is 13.3 Å². The number of nitro groups is 1. The molecule has 0 spiro atoms. The lowest BCUT2D eigenvalue weighted by atomic mass is 10.1. The number of hydrogen-bond acceptors (Lipinski definition) is 5. The number of fused-ring (bicyclic) bond motifs is 1. The molecule has 1 N–H and O–H groups in total. The van der Waals surface area contributed by atoms with E-state index in [0.29, 0.717) is 11.3 Å². The highest BCUT2D eigenvalue weighted by Gasteiger charge is 2.21. The van der Waals surface area contributed by atoms with Gasteiger partial charge in [-0.2, -0.15) is 0 Å². The van der Waals surface area contributed by atoms with E-state index in [1.165, 1.54) is 12.1 Å². The highest BCUT2D eigenvalue weighted by molar-refractivity contribution is 7.92. The zero-order valence-corrected chi connectivity index (χ0v) is 15.9. The van der Waals surface area contributed by atoms with Crippen molar-refractivity contribution in [2.75, 3.05) is 4.72 Å². The molecule has 0 saturated heterocycles. The van der Waals surface area contributed by atoms with Crippen molar-refractivity contribution in [3.8, 4) is 11.3 Å². The maximum Gasteiger partial charge on any atom is 0.270 e. The van der Waals surface area contributed by atoms with Gasteiger partial charge in [0.25, 0.3) is 15.7 Å². The average molecular weight is 398 g/mol. The van der Waals surface area contributed by atoms with Crippen LogP contribution in [0.4, 0.5) is 11.4 Å². The van der Waals surface area contributed by atoms with Crippen LogP contribution < -0.4 is 4.72 Å². The lowest BCUT2D eigenvalue weighted by Crippen LogP contribution is -2.14. The quantitative estimate of drug-likeness (QED) is 0.523. The molecule has 0 unspecified atom stereocenters. The fourth-order valence-electron chi connectivity index (χ4n) is 3.40. The van der Waals surface area contributed by atoms with Crippen molar-refractivity contribution in [2.24, 2.45) is 0 Å². The second-order valence-corrected chi connectivity index (χ2v) is 8.36. The van der Waals surface area contributed by atoms with Gasteiger partial charge >= 0.3 is 0 Å². The van der Waals surface area contributed by atoms with Gasteiger partial charge in [-0.1, -0.05) is 18.2 Å². The summed E-state index contributed by atoms with van der Waals surface area (Å²) in [7, 11) is -3.95. The van der Waals surface area contributed by atoms with E-state index in [-0.39, 0.29) is 10.6 Å². The molecule has 0 amide bonds. The Kier molecular flexibility index (Phi) is 4.38. The number of anilines is 1. The number of hydrogen-bond donors (Lipinski definition) is 1. The fraction of sp³-hybridized carbons (Fsp3) is 0.211. The van der Waals surface area contributed by atoms with Gasteiger partial charge in [0, 0.05) is 30.8 Å². The molecule has 0 bridgehead atoms. The Balaban J connectivity index is 1.60. The molecule has 8 nitrogen and oxygen atoms in total. The van der Waals surface area contributed by atoms with Crippen LogP contribution in [0.15, 0.2) is 53.6 Å². The van der Waals surface area contributed by atoms with E-state index < -0.39 is 14.9 Å². The second kappa shape index (κ2) is 6.75. The summed E-state index contributed by atoms with van der Waals surface area (Å²) in [4.78, 5) is 14.7. The van der Waals surface area contributed by atoms with Gasteiger partial charge in [-0.05, 0) is 36.6 Å². The highest BCUT2D eigenvalue weighted by atomic mass is 32.2. The first-order valence-electron chi connectivity index (χ1n) is 8.78. The molecule has 0 saturated carbocycles. The van der Waals surface area contributed by atoms with Gasteiger partial charge in [0.05, 0.1) is 21.7 Å². The van der Waals surface area contributed by atoms with Crippen LogP contribution in [0, 0.1) is 17.0 Å². The third kappa shape index (κ3) is 3.24. The number of imidazole rings is 1. The number of rotatable bonds is 5. The van der Waals surface area contributed by atoms with Gasteiger partial charge in [0.1, 0.15) is 5.82 Å². The standard InChI is InChI=1S/C19H18N4O4S/c1-13-4-9-16(23(24)25)11-18(13)28(26,27)21-15-7-5-14(6-8-15)17-12-20-19-3-2-10-22(17)19/h4-9,11-12,21H,2-3,10H2,1H3. The van der Waals surface area contributed by atoms with Crippen LogP contribution in [0.5, 0.6) is 0 Å². The van der Waals surface area contributed by atoms with E-state index in [1.807, 2.05) is 18.3 Å². The van der Waals surface area contributed by atoms with E-state index in [0.717, 1.165) is 42.5 Å². The molecule has 1 aliphatic rings. The molecule has 0 radical (unpaired) electrons. The molecule has 1 aliphatic heterocycles. The maximum atomic E-state index is 12.7. The number of non-ortho nitro benzene ring substituents is 1. The van der Waals surface area contributed by atoms with Crippen molar-refractivity contribution in [1.82, 2.24) is 9.55 Å². The minimum absolute atomic E-state index is 0.112. The number of nitrogens with zero attached hydrogens (tertiary/aromatic N) is 3. The molecular weight excluding hydrogens is 380 g/mol. The van der Waals surface area contributed by atoms with Crippen LogP contribution in [0.1, 0.15) is 17.8 Å². The van der Waals surface area contributed by atoms with E-state index in [9.17, 15) is 18.5 Å². The smallest absolute Gasteiger partial charge is 0.270 e. The van der Waals surface area contributed by atoms with Crippen molar-refractivity contribution in [3.05, 3.63) is 70.2 Å². The molecule has 1 aromatic heterocycles. The predicted octanol–water partition coefficient (Wildman–Crippen LogP) is 3.51. The van der Waals surface area contributed by atoms with Crippen LogP contribution in [0.3, 0.4) is 0 Å². The molecule has 2 heterocycles. The van der Waals surface area contributed by atoms with Gasteiger partial charge in [-0.25, -0.2) is 13.4 Å². The zero-order valence-electron chi connectivity index (χ0n) is 15.1. The Morgan fingerprint density at radius 3 is 2.64 bits per heavy atom. The summed E-state index contributed by atoms with van der Waals surface area (Å²) in [6.07, 6.45) is 3.89. The molecule has 4 rings (SSSR count). The van der Waals surface area contributed by atoms with Gasteiger partial charge in [-0.3, -0.25) is 14.8 Å². The van der Waals surface area contributed by atoms with Gasteiger partial charge in [0.15, 0.2) is 0 Å². The third-order valence-electron chi connectivity index (χ3n) is 4.83. The van der Waals surface area contributed by atoms with E-state index in [2.05, 4.69) is 14.3 Å². The first-order valence-corrected chi connectivity index (χ1v) is 10.3. The SMILES string of the molecule is Cc1ccc([N+](=O)[O-])cc1S(=O)(=O)Nc1ccc(-c2cnc3n2CCC3)cc1. The van der Waals surface area contributed by atoms with Crippen molar-refractivity contribution in [1.29, 1.82) is 0 Å². The molecular formula is C19H18N4O4S. The normalized spacial score (nSPS) is 13.3. The number of nitro benzene ring substituents is 1. The molecule has 28 heavy (non-hydrogen) atoms. The third-order valence-corrected chi connectivity index (χ3v) is 6.35. The van der Waals surface area contributed by atoms with Crippen LogP contribution in [0.25, 0.3) is 11.3 Å². The average Bonchev–Trinajstić information content (AvgIpc) is 3.26. The molecule has 0 fully saturated rings. The Morgan fingerprint density at radius 2 is 1.93 bits per heavy atom. The summed E-state index contributed by atoms with van der Waals surface area (Å²) in [5, 5.41) is 11.0. The summed E-state index contributed by atoms with van der Waals surface area (Å²) >= 11 is 0. The van der Waals surface area contributed by atoms with Crippen molar-refractivity contribution in [2.45, 2.75) is 31.2 Å². The second-order valence-electron chi connectivity index (χ2n) is 6.70. The maximum absolute atomic E-state index is 12.7. The lowest BCUT2D eigenvalue weighted by Gasteiger charge is -2.11. The number of sulfonamides is 1. The summed E-state index contributed by atoms with van der Waals surface area (Å²) in [5.74, 6) is 1.07. The van der Waals surface area contributed by atoms with Crippen LogP contribution in [0.2, 0.25) is 0 Å². The number of aromatic nitrogens is 2. The minimum atomic E-state index is -3.95. The molecule has 9 heteroatoms. The molecule has 0 atom stereocenters. The summed E-state index contributed by atoms with van der Waals surface area (Å²) in [6, 6.07) is 10.8. The topological polar surface area (TPSA) is 107 Å². The molecule has 3 aromatic rings. The predicted molar refractivity (Wildman–Crippen MR) is 105 cm³/mol. The summed E-state index contributed by atoms with van der Waals surface area (Å²) in [5.41, 5.74) is 2.52. The number of nitrogens with one attached hydrogen (secondary N) is 1. The Hall–Kier alpha value is -3.20. The number of aryl methyl sites for hydroxylation is 2. The van der Waals surface area contributed by atoms with Gasteiger partial charge < -0.3 is 4.57 Å². The molecule has 2 aromatic carbocycles. The summed E-state index contributed by atoms with van der Waals surface area (Å²) in [6.45, 7) is 2.53. The van der Waals surface area contributed by atoms with Gasteiger partial charge in [-0.15, -0.1) is 0 Å². The fourth-order valence-corrected chi connectivity index (χ4v) is 4.72. The zero-order chi connectivity index (χ0) is 19.9. The Bertz CT molecular complexity index is 1170. The van der Waals surface area contributed by atoms with Crippen LogP contribution in [-0.2, 0) is 23.0 Å². The monoisotopic (exact) mass is 398 g/mol.